The fraction of sp³-hybridized carbons (Fsp3) is 0.889. The van der Waals surface area contributed by atoms with Crippen LogP contribution in [0.25, 0.3) is 0 Å². The lowest BCUT2D eigenvalue weighted by molar-refractivity contribution is -0.118. The SMILES string of the molecule is C.C.C.CNC(CCN)C(C)=O. The predicted octanol–water partition coefficient (Wildman–Crippen LogP) is 1.42. The molecule has 0 aromatic rings. The van der Waals surface area contributed by atoms with Gasteiger partial charge in [0.1, 0.15) is 5.78 Å². The molecule has 0 aliphatic rings. The zero-order valence-electron chi connectivity index (χ0n) is 5.98. The quantitative estimate of drug-likeness (QED) is 0.684. The summed E-state index contributed by atoms with van der Waals surface area (Å²) in [5.74, 6) is 0.156. The van der Waals surface area contributed by atoms with Gasteiger partial charge in [-0.25, -0.2) is 0 Å². The molecule has 0 aliphatic carbocycles. The van der Waals surface area contributed by atoms with E-state index in [2.05, 4.69) is 5.32 Å². The van der Waals surface area contributed by atoms with Gasteiger partial charge in [0.25, 0.3) is 0 Å². The lowest BCUT2D eigenvalue weighted by Gasteiger charge is -2.09. The average molecular weight is 178 g/mol. The highest BCUT2D eigenvalue weighted by Crippen LogP contribution is 1.88. The first-order valence-corrected chi connectivity index (χ1v) is 3.10. The van der Waals surface area contributed by atoms with Crippen molar-refractivity contribution in [2.24, 2.45) is 5.73 Å². The van der Waals surface area contributed by atoms with Crippen LogP contribution in [0.5, 0.6) is 0 Å². The third kappa shape index (κ3) is 9.59. The first-order valence-electron chi connectivity index (χ1n) is 3.10. The standard InChI is InChI=1S/C6H14N2O.3CH4/c1-5(9)6(8-2)3-4-7;;;/h6,8H,3-4,7H2,1-2H3;3*1H4. The highest BCUT2D eigenvalue weighted by Gasteiger charge is 2.08. The van der Waals surface area contributed by atoms with Crippen molar-refractivity contribution in [2.45, 2.75) is 41.7 Å². The molecule has 0 bridgehead atoms. The molecule has 0 spiro atoms. The van der Waals surface area contributed by atoms with Crippen LogP contribution in [0.1, 0.15) is 35.6 Å². The number of Topliss-reactive ketones (excluding diaryl/α,β-unsaturated/α-hetero) is 1. The number of carbonyl (C=O) groups is 1. The van der Waals surface area contributed by atoms with Crippen LogP contribution < -0.4 is 11.1 Å². The molecular formula is C9H26N2O. The third-order valence-corrected chi connectivity index (χ3v) is 1.29. The second kappa shape index (κ2) is 13.2. The Balaban J connectivity index is -0.000000107. The fourth-order valence-electron chi connectivity index (χ4n) is 0.718. The number of carbonyl (C=O) groups excluding carboxylic acids is 1. The Morgan fingerprint density at radius 1 is 1.42 bits per heavy atom. The average Bonchev–Trinajstić information content (AvgIpc) is 1.82. The molecule has 1 atom stereocenters. The summed E-state index contributed by atoms with van der Waals surface area (Å²) in [6.45, 7) is 2.13. The van der Waals surface area contributed by atoms with E-state index in [1.54, 1.807) is 14.0 Å². The largest absolute Gasteiger partial charge is 0.330 e. The van der Waals surface area contributed by atoms with Gasteiger partial charge in [0.05, 0.1) is 6.04 Å². The monoisotopic (exact) mass is 178 g/mol. The number of nitrogens with one attached hydrogen (secondary N) is 1. The van der Waals surface area contributed by atoms with Crippen LogP contribution in [-0.2, 0) is 4.79 Å². The van der Waals surface area contributed by atoms with E-state index in [9.17, 15) is 4.79 Å². The molecule has 12 heavy (non-hydrogen) atoms. The second-order valence-corrected chi connectivity index (χ2v) is 2.03. The maximum atomic E-state index is 10.6. The molecule has 0 aromatic heterocycles. The lowest BCUT2D eigenvalue weighted by atomic mass is 10.1. The molecule has 0 aromatic carbocycles. The van der Waals surface area contributed by atoms with Crippen molar-refractivity contribution in [3.63, 3.8) is 0 Å². The van der Waals surface area contributed by atoms with Gasteiger partial charge in [0.2, 0.25) is 0 Å². The van der Waals surface area contributed by atoms with E-state index in [0.717, 1.165) is 6.42 Å². The number of likely N-dealkylation sites (N-methyl/N-ethyl adjacent to an activating group) is 1. The van der Waals surface area contributed by atoms with Crippen LogP contribution in [0.4, 0.5) is 0 Å². The van der Waals surface area contributed by atoms with Crippen molar-refractivity contribution >= 4 is 5.78 Å². The molecule has 0 saturated heterocycles. The molecule has 0 saturated carbocycles. The Kier molecular flexibility index (Phi) is 24.8. The van der Waals surface area contributed by atoms with Gasteiger partial charge in [-0.1, -0.05) is 22.3 Å². The zero-order valence-corrected chi connectivity index (χ0v) is 5.98. The van der Waals surface area contributed by atoms with E-state index in [-0.39, 0.29) is 34.1 Å². The molecular weight excluding hydrogens is 152 g/mol. The van der Waals surface area contributed by atoms with Crippen LogP contribution in [0.3, 0.4) is 0 Å². The Labute approximate surface area is 77.7 Å². The minimum Gasteiger partial charge on any atom is -0.330 e. The number of rotatable bonds is 4. The van der Waals surface area contributed by atoms with Crippen molar-refractivity contribution in [1.29, 1.82) is 0 Å². The van der Waals surface area contributed by atoms with Crippen LogP contribution in [0.2, 0.25) is 0 Å². The summed E-state index contributed by atoms with van der Waals surface area (Å²) >= 11 is 0. The number of hydrogen-bond donors (Lipinski definition) is 2. The number of nitrogens with two attached hydrogens (primary N) is 1. The van der Waals surface area contributed by atoms with Gasteiger partial charge < -0.3 is 11.1 Å². The summed E-state index contributed by atoms with van der Waals surface area (Å²) in [4.78, 5) is 10.6. The molecule has 0 rings (SSSR count). The van der Waals surface area contributed by atoms with Gasteiger partial charge in [-0.15, -0.1) is 0 Å². The van der Waals surface area contributed by atoms with Gasteiger partial charge in [0.15, 0.2) is 0 Å². The van der Waals surface area contributed by atoms with Crippen LogP contribution in [-0.4, -0.2) is 25.4 Å². The molecule has 0 heterocycles. The minimum atomic E-state index is -0.0463. The lowest BCUT2D eigenvalue weighted by Crippen LogP contribution is -2.34. The summed E-state index contributed by atoms with van der Waals surface area (Å²) in [6, 6.07) is -0.0463. The van der Waals surface area contributed by atoms with E-state index in [4.69, 9.17) is 5.73 Å². The first-order chi connectivity index (χ1) is 4.22. The van der Waals surface area contributed by atoms with Crippen LogP contribution >= 0.6 is 0 Å². The summed E-state index contributed by atoms with van der Waals surface area (Å²) in [7, 11) is 1.77. The van der Waals surface area contributed by atoms with E-state index >= 15 is 0 Å². The number of hydrogen-bond acceptors (Lipinski definition) is 3. The van der Waals surface area contributed by atoms with E-state index in [1.165, 1.54) is 0 Å². The highest BCUT2D eigenvalue weighted by molar-refractivity contribution is 5.81. The van der Waals surface area contributed by atoms with E-state index in [1.807, 2.05) is 0 Å². The third-order valence-electron chi connectivity index (χ3n) is 1.29. The fourth-order valence-corrected chi connectivity index (χ4v) is 0.718. The first kappa shape index (κ1) is 22.6. The highest BCUT2D eigenvalue weighted by atomic mass is 16.1. The van der Waals surface area contributed by atoms with Crippen molar-refractivity contribution in [3.8, 4) is 0 Å². The van der Waals surface area contributed by atoms with E-state index < -0.39 is 0 Å². The van der Waals surface area contributed by atoms with Crippen molar-refractivity contribution < 1.29 is 4.79 Å². The summed E-state index contributed by atoms with van der Waals surface area (Å²) in [5, 5.41) is 2.87. The number of ketones is 1. The summed E-state index contributed by atoms with van der Waals surface area (Å²) in [6.07, 6.45) is 0.728. The molecule has 0 radical (unpaired) electrons. The van der Waals surface area contributed by atoms with Gasteiger partial charge in [-0.2, -0.15) is 0 Å². The second-order valence-electron chi connectivity index (χ2n) is 2.03. The maximum absolute atomic E-state index is 10.6. The Morgan fingerprint density at radius 2 is 1.83 bits per heavy atom. The van der Waals surface area contributed by atoms with Crippen molar-refractivity contribution in [2.75, 3.05) is 13.6 Å². The normalized spacial score (nSPS) is 9.92. The Morgan fingerprint density at radius 3 is 1.92 bits per heavy atom. The van der Waals surface area contributed by atoms with Crippen LogP contribution in [0, 0.1) is 0 Å². The topological polar surface area (TPSA) is 55.1 Å². The predicted molar refractivity (Wildman–Crippen MR) is 57.4 cm³/mol. The molecule has 0 amide bonds. The van der Waals surface area contributed by atoms with E-state index in [0.29, 0.717) is 6.54 Å². The maximum Gasteiger partial charge on any atom is 0.146 e. The van der Waals surface area contributed by atoms with Crippen LogP contribution in [0.15, 0.2) is 0 Å². The summed E-state index contributed by atoms with van der Waals surface area (Å²) in [5.41, 5.74) is 5.25. The minimum absolute atomic E-state index is 0. The molecule has 0 fully saturated rings. The molecule has 78 valence electrons. The molecule has 0 aliphatic heterocycles. The molecule has 3 nitrogen and oxygen atoms in total. The molecule has 3 N–H and O–H groups in total. The van der Waals surface area contributed by atoms with Gasteiger partial charge in [0, 0.05) is 0 Å². The van der Waals surface area contributed by atoms with Gasteiger partial charge in [-0.3, -0.25) is 4.79 Å². The van der Waals surface area contributed by atoms with Gasteiger partial charge >= 0.3 is 0 Å². The molecule has 1 unspecified atom stereocenters. The van der Waals surface area contributed by atoms with Crippen molar-refractivity contribution in [1.82, 2.24) is 5.32 Å². The smallest absolute Gasteiger partial charge is 0.146 e. The molecule has 3 heteroatoms. The van der Waals surface area contributed by atoms with Gasteiger partial charge in [-0.05, 0) is 26.9 Å². The zero-order chi connectivity index (χ0) is 7.28. The summed E-state index contributed by atoms with van der Waals surface area (Å²) < 4.78 is 0. The Hall–Kier alpha value is -0.410. The van der Waals surface area contributed by atoms with Crippen molar-refractivity contribution in [3.05, 3.63) is 0 Å². The Bertz CT molecular complexity index is 94.5.